The standard InChI is InChI=1S/C11H13Cl2N7O2/c1-6-4-20(8-2-9(12)16-17-10(8)13)7(3-15-18-14)5-19(6)11(21)22/h2,6-7H,3-5H2,1H3,(H,21,22). The molecular weight excluding hydrogens is 333 g/mol. The minimum Gasteiger partial charge on any atom is -0.465 e. The predicted octanol–water partition coefficient (Wildman–Crippen LogP) is 2.65. The van der Waals surface area contributed by atoms with Crippen LogP contribution in [-0.2, 0) is 0 Å². The molecule has 1 aromatic heterocycles. The molecule has 2 rings (SSSR count). The first-order valence-electron chi connectivity index (χ1n) is 6.39. The molecule has 118 valence electrons. The third-order valence-corrected chi connectivity index (χ3v) is 3.91. The third kappa shape index (κ3) is 3.44. The Morgan fingerprint density at radius 2 is 2.27 bits per heavy atom. The van der Waals surface area contributed by atoms with Crippen LogP contribution in [0.3, 0.4) is 0 Å². The number of halogens is 2. The molecule has 2 atom stereocenters. The second-order valence-electron chi connectivity index (χ2n) is 4.85. The summed E-state index contributed by atoms with van der Waals surface area (Å²) < 4.78 is 0. The Kier molecular flexibility index (Phi) is 5.12. The second kappa shape index (κ2) is 6.87. The van der Waals surface area contributed by atoms with E-state index in [1.807, 2.05) is 4.90 Å². The average Bonchev–Trinajstić information content (AvgIpc) is 2.48. The molecule has 0 bridgehead atoms. The van der Waals surface area contributed by atoms with E-state index in [0.717, 1.165) is 0 Å². The molecule has 9 nitrogen and oxygen atoms in total. The Morgan fingerprint density at radius 1 is 1.55 bits per heavy atom. The number of hydrogen-bond donors (Lipinski definition) is 1. The summed E-state index contributed by atoms with van der Waals surface area (Å²) >= 11 is 11.9. The summed E-state index contributed by atoms with van der Waals surface area (Å²) in [5.74, 6) is 0. The summed E-state index contributed by atoms with van der Waals surface area (Å²) in [7, 11) is 0. The monoisotopic (exact) mass is 345 g/mol. The van der Waals surface area contributed by atoms with Gasteiger partial charge in [-0.3, -0.25) is 0 Å². The Balaban J connectivity index is 2.36. The van der Waals surface area contributed by atoms with E-state index in [-0.39, 0.29) is 35.5 Å². The maximum Gasteiger partial charge on any atom is 0.407 e. The van der Waals surface area contributed by atoms with Crippen LogP contribution >= 0.6 is 23.2 Å². The summed E-state index contributed by atoms with van der Waals surface area (Å²) in [6.07, 6.45) is -1.02. The van der Waals surface area contributed by atoms with Crippen LogP contribution in [0.25, 0.3) is 10.4 Å². The maximum atomic E-state index is 11.3. The van der Waals surface area contributed by atoms with E-state index in [0.29, 0.717) is 12.2 Å². The topological polar surface area (TPSA) is 118 Å². The zero-order valence-electron chi connectivity index (χ0n) is 11.6. The highest BCUT2D eigenvalue weighted by atomic mass is 35.5. The van der Waals surface area contributed by atoms with Crippen molar-refractivity contribution >= 4 is 35.0 Å². The normalized spacial score (nSPS) is 21.4. The lowest BCUT2D eigenvalue weighted by Gasteiger charge is -2.45. The highest BCUT2D eigenvalue weighted by Gasteiger charge is 2.35. The molecule has 1 fully saturated rings. The molecule has 1 amide bonds. The Morgan fingerprint density at radius 3 is 2.91 bits per heavy atom. The van der Waals surface area contributed by atoms with Gasteiger partial charge in [0.1, 0.15) is 0 Å². The summed E-state index contributed by atoms with van der Waals surface area (Å²) in [4.78, 5) is 17.2. The Bertz CT molecular complexity index is 622. The zero-order valence-corrected chi connectivity index (χ0v) is 13.1. The van der Waals surface area contributed by atoms with Crippen molar-refractivity contribution in [2.45, 2.75) is 19.0 Å². The van der Waals surface area contributed by atoms with Crippen LogP contribution < -0.4 is 4.90 Å². The summed E-state index contributed by atoms with van der Waals surface area (Å²) in [5.41, 5.74) is 9.06. The largest absolute Gasteiger partial charge is 0.465 e. The van der Waals surface area contributed by atoms with Crippen molar-refractivity contribution in [3.63, 3.8) is 0 Å². The SMILES string of the molecule is CC1CN(c2cc(Cl)nnc2Cl)C(CN=[N+]=[N-])CN1C(=O)O. The first-order valence-corrected chi connectivity index (χ1v) is 7.15. The van der Waals surface area contributed by atoms with E-state index < -0.39 is 6.09 Å². The van der Waals surface area contributed by atoms with Gasteiger partial charge in [0.15, 0.2) is 10.3 Å². The van der Waals surface area contributed by atoms with Crippen LogP contribution in [0.5, 0.6) is 0 Å². The molecule has 11 heteroatoms. The average molecular weight is 346 g/mol. The number of anilines is 1. The number of amides is 1. The van der Waals surface area contributed by atoms with Crippen LogP contribution in [-0.4, -0.2) is 58.0 Å². The zero-order chi connectivity index (χ0) is 16.3. The van der Waals surface area contributed by atoms with E-state index in [4.69, 9.17) is 28.7 Å². The molecule has 0 spiro atoms. The molecule has 0 saturated carbocycles. The fourth-order valence-corrected chi connectivity index (χ4v) is 2.77. The molecule has 22 heavy (non-hydrogen) atoms. The van der Waals surface area contributed by atoms with Crippen LogP contribution in [0.2, 0.25) is 10.3 Å². The van der Waals surface area contributed by atoms with E-state index in [1.165, 1.54) is 4.90 Å². The quantitative estimate of drug-likeness (QED) is 0.513. The van der Waals surface area contributed by atoms with Crippen molar-refractivity contribution in [1.82, 2.24) is 15.1 Å². The van der Waals surface area contributed by atoms with Crippen LogP contribution in [0.1, 0.15) is 6.92 Å². The molecule has 0 aliphatic carbocycles. The molecule has 2 unspecified atom stereocenters. The fraction of sp³-hybridized carbons (Fsp3) is 0.545. The van der Waals surface area contributed by atoms with Crippen LogP contribution in [0, 0.1) is 0 Å². The molecule has 0 aromatic carbocycles. The van der Waals surface area contributed by atoms with Gasteiger partial charge in [-0.05, 0) is 12.5 Å². The molecule has 1 aromatic rings. The highest BCUT2D eigenvalue weighted by molar-refractivity contribution is 6.33. The number of hydrogen-bond acceptors (Lipinski definition) is 5. The van der Waals surface area contributed by atoms with Crippen LogP contribution in [0.4, 0.5) is 10.5 Å². The van der Waals surface area contributed by atoms with Gasteiger partial charge in [-0.25, -0.2) is 4.79 Å². The molecular formula is C11H13Cl2N7O2. The molecule has 1 aliphatic rings. The van der Waals surface area contributed by atoms with Crippen molar-refractivity contribution in [1.29, 1.82) is 0 Å². The van der Waals surface area contributed by atoms with E-state index in [9.17, 15) is 9.90 Å². The maximum absolute atomic E-state index is 11.3. The van der Waals surface area contributed by atoms with Gasteiger partial charge in [0.25, 0.3) is 0 Å². The van der Waals surface area contributed by atoms with Gasteiger partial charge in [0.05, 0.1) is 11.7 Å². The first-order chi connectivity index (χ1) is 10.4. The lowest BCUT2D eigenvalue weighted by molar-refractivity contribution is 0.113. The minimum atomic E-state index is -1.02. The minimum absolute atomic E-state index is 0.100. The van der Waals surface area contributed by atoms with Gasteiger partial charge >= 0.3 is 6.09 Å². The van der Waals surface area contributed by atoms with Gasteiger partial charge in [0, 0.05) is 36.7 Å². The van der Waals surface area contributed by atoms with Crippen molar-refractivity contribution in [2.24, 2.45) is 5.11 Å². The van der Waals surface area contributed by atoms with Gasteiger partial charge < -0.3 is 14.9 Å². The summed E-state index contributed by atoms with van der Waals surface area (Å²) in [6, 6.07) is 0.937. The van der Waals surface area contributed by atoms with E-state index >= 15 is 0 Å². The fourth-order valence-electron chi connectivity index (χ4n) is 2.43. The number of azide groups is 1. The third-order valence-electron chi connectivity index (χ3n) is 3.45. The van der Waals surface area contributed by atoms with E-state index in [2.05, 4.69) is 20.2 Å². The first kappa shape index (κ1) is 16.4. The summed E-state index contributed by atoms with van der Waals surface area (Å²) in [5, 5.41) is 20.5. The second-order valence-corrected chi connectivity index (χ2v) is 5.59. The van der Waals surface area contributed by atoms with Crippen molar-refractivity contribution in [2.75, 3.05) is 24.5 Å². The Labute approximate surface area is 136 Å². The lowest BCUT2D eigenvalue weighted by atomic mass is 10.1. The van der Waals surface area contributed by atoms with Crippen molar-refractivity contribution in [3.8, 4) is 0 Å². The van der Waals surface area contributed by atoms with Gasteiger partial charge in [-0.1, -0.05) is 28.3 Å². The Hall–Kier alpha value is -1.96. The lowest BCUT2D eigenvalue weighted by Crippen LogP contribution is -2.60. The number of carboxylic acid groups (broad SMARTS) is 1. The number of aromatic nitrogens is 2. The number of rotatable bonds is 3. The summed E-state index contributed by atoms with van der Waals surface area (Å²) in [6.45, 7) is 2.45. The number of nitrogens with zero attached hydrogens (tertiary/aromatic N) is 7. The molecule has 1 N–H and O–H groups in total. The van der Waals surface area contributed by atoms with Crippen LogP contribution in [0.15, 0.2) is 11.2 Å². The van der Waals surface area contributed by atoms with Gasteiger partial charge in [0.2, 0.25) is 0 Å². The molecule has 2 heterocycles. The predicted molar refractivity (Wildman–Crippen MR) is 81.4 cm³/mol. The van der Waals surface area contributed by atoms with Crippen molar-refractivity contribution < 1.29 is 9.90 Å². The number of carbonyl (C=O) groups is 1. The van der Waals surface area contributed by atoms with Gasteiger partial charge in [-0.15, -0.1) is 10.2 Å². The highest BCUT2D eigenvalue weighted by Crippen LogP contribution is 2.30. The van der Waals surface area contributed by atoms with Crippen molar-refractivity contribution in [3.05, 3.63) is 26.8 Å². The molecule has 0 radical (unpaired) electrons. The molecule has 1 aliphatic heterocycles. The van der Waals surface area contributed by atoms with E-state index in [1.54, 1.807) is 13.0 Å². The number of piperazine rings is 1. The smallest absolute Gasteiger partial charge is 0.407 e. The van der Waals surface area contributed by atoms with Gasteiger partial charge in [-0.2, -0.15) is 0 Å². The molecule has 1 saturated heterocycles.